The summed E-state index contributed by atoms with van der Waals surface area (Å²) in [6, 6.07) is 5.47. The van der Waals surface area contributed by atoms with Crippen LogP contribution < -0.4 is 10.1 Å². The largest absolute Gasteiger partial charge is 0.481 e. The van der Waals surface area contributed by atoms with Crippen LogP contribution in [0.2, 0.25) is 0 Å². The molecule has 7 nitrogen and oxygen atoms in total. The molecule has 0 aliphatic carbocycles. The molecule has 122 valence electrons. The minimum absolute atomic E-state index is 0.0416. The maximum absolute atomic E-state index is 12.5. The molecule has 2 atom stereocenters. The molecule has 0 spiro atoms. The normalized spacial score (nSPS) is 20.4. The van der Waals surface area contributed by atoms with Gasteiger partial charge in [-0.3, -0.25) is 4.79 Å². The second-order valence-electron chi connectivity index (χ2n) is 5.47. The fraction of sp³-hybridized carbons (Fsp3) is 0.438. The quantitative estimate of drug-likeness (QED) is 0.897. The average Bonchev–Trinajstić information content (AvgIpc) is 3.21. The number of methoxy groups -OCH3 is 1. The van der Waals surface area contributed by atoms with Crippen LogP contribution in [-0.2, 0) is 23.1 Å². The SMILES string of the molecule is COc1cccc(CNC(=O)[C@@H]2CCO[C@H]2c2nccn2C)n1. The maximum Gasteiger partial charge on any atom is 0.226 e. The van der Waals surface area contributed by atoms with Crippen molar-refractivity contribution in [3.63, 3.8) is 0 Å². The highest BCUT2D eigenvalue weighted by Gasteiger charge is 2.37. The van der Waals surface area contributed by atoms with Gasteiger partial charge in [-0.1, -0.05) is 6.07 Å². The molecule has 1 fully saturated rings. The van der Waals surface area contributed by atoms with E-state index in [1.807, 2.05) is 29.9 Å². The van der Waals surface area contributed by atoms with Crippen LogP contribution in [0.1, 0.15) is 24.0 Å². The number of aromatic nitrogens is 3. The van der Waals surface area contributed by atoms with Crippen LogP contribution in [0, 0.1) is 5.92 Å². The summed E-state index contributed by atoms with van der Waals surface area (Å²) in [6.45, 7) is 0.923. The van der Waals surface area contributed by atoms with Gasteiger partial charge >= 0.3 is 0 Å². The number of hydrogen-bond donors (Lipinski definition) is 1. The van der Waals surface area contributed by atoms with Crippen molar-refractivity contribution in [2.75, 3.05) is 13.7 Å². The Balaban J connectivity index is 1.64. The second-order valence-corrected chi connectivity index (χ2v) is 5.47. The molecule has 0 aromatic carbocycles. The van der Waals surface area contributed by atoms with E-state index in [0.29, 0.717) is 25.5 Å². The van der Waals surface area contributed by atoms with Gasteiger partial charge in [-0.15, -0.1) is 0 Å². The topological polar surface area (TPSA) is 78.3 Å². The fourth-order valence-corrected chi connectivity index (χ4v) is 2.74. The first kappa shape index (κ1) is 15.5. The number of nitrogens with one attached hydrogen (secondary N) is 1. The Labute approximate surface area is 134 Å². The number of carbonyl (C=O) groups excluding carboxylic acids is 1. The molecule has 1 amide bonds. The van der Waals surface area contributed by atoms with E-state index in [1.165, 1.54) is 0 Å². The van der Waals surface area contributed by atoms with E-state index >= 15 is 0 Å². The Morgan fingerprint density at radius 1 is 1.52 bits per heavy atom. The van der Waals surface area contributed by atoms with Crippen molar-refractivity contribution >= 4 is 5.91 Å². The van der Waals surface area contributed by atoms with Crippen molar-refractivity contribution < 1.29 is 14.3 Å². The number of imidazole rings is 1. The zero-order chi connectivity index (χ0) is 16.2. The summed E-state index contributed by atoms with van der Waals surface area (Å²) < 4.78 is 12.7. The van der Waals surface area contributed by atoms with Crippen molar-refractivity contribution in [3.8, 4) is 5.88 Å². The Bertz CT molecular complexity index is 685. The van der Waals surface area contributed by atoms with Gasteiger partial charge in [0, 0.05) is 32.1 Å². The zero-order valence-electron chi connectivity index (χ0n) is 13.2. The molecule has 1 saturated heterocycles. The molecular formula is C16H20N4O3. The summed E-state index contributed by atoms with van der Waals surface area (Å²) in [7, 11) is 3.47. The Hall–Kier alpha value is -2.41. The number of amides is 1. The second kappa shape index (κ2) is 6.78. The van der Waals surface area contributed by atoms with E-state index in [-0.39, 0.29) is 17.9 Å². The molecule has 3 rings (SSSR count). The van der Waals surface area contributed by atoms with Gasteiger partial charge in [0.1, 0.15) is 11.9 Å². The number of ether oxygens (including phenoxy) is 2. The smallest absolute Gasteiger partial charge is 0.226 e. The summed E-state index contributed by atoms with van der Waals surface area (Å²) in [5.41, 5.74) is 0.755. The van der Waals surface area contributed by atoms with E-state index in [0.717, 1.165) is 11.5 Å². The van der Waals surface area contributed by atoms with Crippen LogP contribution in [0.15, 0.2) is 30.6 Å². The average molecular weight is 316 g/mol. The van der Waals surface area contributed by atoms with Crippen molar-refractivity contribution in [1.29, 1.82) is 0 Å². The molecule has 1 aliphatic heterocycles. The lowest BCUT2D eigenvalue weighted by atomic mass is 10.00. The molecule has 2 aromatic heterocycles. The standard InChI is InChI=1S/C16H20N4O3/c1-20-8-7-17-15(20)14-12(6-9-23-14)16(21)18-10-11-4-3-5-13(19-11)22-2/h3-5,7-8,12,14H,6,9-10H2,1-2H3,(H,18,21)/t12-,14-/m1/s1. The number of pyridine rings is 1. The third-order valence-electron chi connectivity index (χ3n) is 3.98. The zero-order valence-corrected chi connectivity index (χ0v) is 13.2. The van der Waals surface area contributed by atoms with Gasteiger partial charge in [0.2, 0.25) is 11.8 Å². The monoisotopic (exact) mass is 316 g/mol. The fourth-order valence-electron chi connectivity index (χ4n) is 2.74. The predicted molar refractivity (Wildman–Crippen MR) is 82.6 cm³/mol. The summed E-state index contributed by atoms with van der Waals surface area (Å²) in [5, 5.41) is 2.93. The molecule has 1 N–H and O–H groups in total. The Kier molecular flexibility index (Phi) is 4.57. The van der Waals surface area contributed by atoms with Crippen molar-refractivity contribution in [2.24, 2.45) is 13.0 Å². The van der Waals surface area contributed by atoms with Gasteiger partial charge in [0.25, 0.3) is 0 Å². The number of nitrogens with zero attached hydrogens (tertiary/aromatic N) is 3. The minimum Gasteiger partial charge on any atom is -0.481 e. The third kappa shape index (κ3) is 3.34. The van der Waals surface area contributed by atoms with Gasteiger partial charge in [-0.25, -0.2) is 9.97 Å². The molecule has 1 aliphatic rings. The van der Waals surface area contributed by atoms with Crippen LogP contribution >= 0.6 is 0 Å². The molecular weight excluding hydrogens is 296 g/mol. The first-order chi connectivity index (χ1) is 11.2. The molecule has 0 radical (unpaired) electrons. The molecule has 0 saturated carbocycles. The third-order valence-corrected chi connectivity index (χ3v) is 3.98. The van der Waals surface area contributed by atoms with Gasteiger partial charge in [0.15, 0.2) is 0 Å². The summed E-state index contributed by atoms with van der Waals surface area (Å²) >= 11 is 0. The van der Waals surface area contributed by atoms with Crippen LogP contribution in [0.5, 0.6) is 5.88 Å². The first-order valence-electron chi connectivity index (χ1n) is 7.55. The lowest BCUT2D eigenvalue weighted by molar-refractivity contribution is -0.127. The number of aryl methyl sites for hydroxylation is 1. The maximum atomic E-state index is 12.5. The van der Waals surface area contributed by atoms with E-state index in [9.17, 15) is 4.79 Å². The predicted octanol–water partition coefficient (Wildman–Crippen LogP) is 1.22. The highest BCUT2D eigenvalue weighted by Crippen LogP contribution is 2.33. The lowest BCUT2D eigenvalue weighted by Crippen LogP contribution is -2.32. The summed E-state index contributed by atoms with van der Waals surface area (Å²) in [4.78, 5) is 21.1. The molecule has 2 aromatic rings. The van der Waals surface area contributed by atoms with Crippen LogP contribution in [-0.4, -0.2) is 34.2 Å². The molecule has 0 unspecified atom stereocenters. The molecule has 23 heavy (non-hydrogen) atoms. The summed E-state index contributed by atoms with van der Waals surface area (Å²) in [5.74, 6) is 1.04. The van der Waals surface area contributed by atoms with E-state index < -0.39 is 0 Å². The van der Waals surface area contributed by atoms with E-state index in [4.69, 9.17) is 9.47 Å². The Morgan fingerprint density at radius 2 is 2.39 bits per heavy atom. The number of hydrogen-bond acceptors (Lipinski definition) is 5. The van der Waals surface area contributed by atoms with Gasteiger partial charge in [-0.05, 0) is 12.5 Å². The Morgan fingerprint density at radius 3 is 3.13 bits per heavy atom. The van der Waals surface area contributed by atoms with Gasteiger partial charge in [0.05, 0.1) is 25.3 Å². The van der Waals surface area contributed by atoms with Crippen molar-refractivity contribution in [1.82, 2.24) is 19.9 Å². The lowest BCUT2D eigenvalue weighted by Gasteiger charge is -2.18. The summed E-state index contributed by atoms with van der Waals surface area (Å²) in [6.07, 6.45) is 3.96. The van der Waals surface area contributed by atoms with Crippen molar-refractivity contribution in [3.05, 3.63) is 42.1 Å². The highest BCUT2D eigenvalue weighted by molar-refractivity contribution is 5.79. The first-order valence-corrected chi connectivity index (χ1v) is 7.55. The van der Waals surface area contributed by atoms with Crippen LogP contribution in [0.4, 0.5) is 0 Å². The molecule has 3 heterocycles. The van der Waals surface area contributed by atoms with E-state index in [1.54, 1.807) is 19.4 Å². The highest BCUT2D eigenvalue weighted by atomic mass is 16.5. The molecule has 0 bridgehead atoms. The number of carbonyl (C=O) groups is 1. The van der Waals surface area contributed by atoms with Gasteiger partial charge in [-0.2, -0.15) is 0 Å². The van der Waals surface area contributed by atoms with Crippen LogP contribution in [0.25, 0.3) is 0 Å². The van der Waals surface area contributed by atoms with E-state index in [2.05, 4.69) is 15.3 Å². The van der Waals surface area contributed by atoms with Gasteiger partial charge < -0.3 is 19.4 Å². The van der Waals surface area contributed by atoms with Crippen LogP contribution in [0.3, 0.4) is 0 Å². The number of rotatable bonds is 5. The minimum atomic E-state index is -0.298. The van der Waals surface area contributed by atoms with Crippen molar-refractivity contribution in [2.45, 2.75) is 19.1 Å². The molecule has 7 heteroatoms.